The van der Waals surface area contributed by atoms with E-state index in [1.165, 1.54) is 23.1 Å². The standard InChI is InChI=1S/C13H14ClNO4/c1-7-5-15(6-10(7)13(18)19)12(17)9-4-8(16)2-3-11(9)14/h2-4,7,10,16H,5-6H2,1H3,(H,18,19). The number of hydrogen-bond donors (Lipinski definition) is 2. The van der Waals surface area contributed by atoms with E-state index in [1.807, 2.05) is 0 Å². The number of aromatic hydroxyl groups is 1. The van der Waals surface area contributed by atoms with E-state index in [0.29, 0.717) is 6.54 Å². The maximum absolute atomic E-state index is 12.3. The van der Waals surface area contributed by atoms with Crippen LogP contribution in [0, 0.1) is 11.8 Å². The maximum atomic E-state index is 12.3. The van der Waals surface area contributed by atoms with Crippen LogP contribution in [0.1, 0.15) is 17.3 Å². The third-order valence-electron chi connectivity index (χ3n) is 3.40. The first kappa shape index (κ1) is 13.7. The molecule has 2 atom stereocenters. The van der Waals surface area contributed by atoms with Gasteiger partial charge in [0.1, 0.15) is 5.75 Å². The van der Waals surface area contributed by atoms with Crippen LogP contribution in [0.15, 0.2) is 18.2 Å². The molecule has 1 aromatic carbocycles. The largest absolute Gasteiger partial charge is 0.508 e. The second-order valence-electron chi connectivity index (χ2n) is 4.80. The Morgan fingerprint density at radius 1 is 1.37 bits per heavy atom. The first-order valence-corrected chi connectivity index (χ1v) is 6.28. The molecule has 0 spiro atoms. The molecule has 2 N–H and O–H groups in total. The minimum Gasteiger partial charge on any atom is -0.508 e. The number of carboxylic acid groups (broad SMARTS) is 1. The summed E-state index contributed by atoms with van der Waals surface area (Å²) in [6.07, 6.45) is 0. The molecule has 1 fully saturated rings. The molecule has 2 unspecified atom stereocenters. The predicted molar refractivity (Wildman–Crippen MR) is 69.3 cm³/mol. The Bertz CT molecular complexity index is 531. The predicted octanol–water partition coefficient (Wildman–Crippen LogP) is 1.84. The summed E-state index contributed by atoms with van der Waals surface area (Å²) in [6, 6.07) is 4.13. The number of benzene rings is 1. The van der Waals surface area contributed by atoms with Crippen molar-refractivity contribution in [3.63, 3.8) is 0 Å². The fourth-order valence-electron chi connectivity index (χ4n) is 2.30. The lowest BCUT2D eigenvalue weighted by Gasteiger charge is -2.16. The van der Waals surface area contributed by atoms with Crippen LogP contribution < -0.4 is 0 Å². The lowest BCUT2D eigenvalue weighted by molar-refractivity contribution is -0.142. The summed E-state index contributed by atoms with van der Waals surface area (Å²) in [7, 11) is 0. The number of aliphatic carboxylic acids is 1. The summed E-state index contributed by atoms with van der Waals surface area (Å²) < 4.78 is 0. The third kappa shape index (κ3) is 2.66. The van der Waals surface area contributed by atoms with Crippen LogP contribution in [0.4, 0.5) is 0 Å². The Balaban J connectivity index is 2.22. The van der Waals surface area contributed by atoms with Crippen LogP contribution >= 0.6 is 11.6 Å². The number of carbonyl (C=O) groups is 2. The van der Waals surface area contributed by atoms with Gasteiger partial charge < -0.3 is 15.1 Å². The molecule has 0 aliphatic carbocycles. The van der Waals surface area contributed by atoms with Gasteiger partial charge in [0.05, 0.1) is 16.5 Å². The van der Waals surface area contributed by atoms with Crippen LogP contribution in [0.25, 0.3) is 0 Å². The number of likely N-dealkylation sites (tertiary alicyclic amines) is 1. The molecule has 1 saturated heterocycles. The number of phenolic OH excluding ortho intramolecular Hbond substituents is 1. The molecule has 102 valence electrons. The topological polar surface area (TPSA) is 77.8 Å². The molecule has 19 heavy (non-hydrogen) atoms. The van der Waals surface area contributed by atoms with Crippen molar-refractivity contribution >= 4 is 23.5 Å². The van der Waals surface area contributed by atoms with Crippen molar-refractivity contribution in [3.8, 4) is 5.75 Å². The normalized spacial score (nSPS) is 22.5. The van der Waals surface area contributed by atoms with Crippen molar-refractivity contribution in [1.29, 1.82) is 0 Å². The minimum atomic E-state index is -0.898. The molecule has 5 nitrogen and oxygen atoms in total. The van der Waals surface area contributed by atoms with Gasteiger partial charge in [-0.1, -0.05) is 18.5 Å². The zero-order chi connectivity index (χ0) is 14.2. The number of amides is 1. The van der Waals surface area contributed by atoms with Crippen molar-refractivity contribution in [2.45, 2.75) is 6.92 Å². The van der Waals surface area contributed by atoms with E-state index in [2.05, 4.69) is 0 Å². The van der Waals surface area contributed by atoms with Crippen LogP contribution in [-0.2, 0) is 4.79 Å². The SMILES string of the molecule is CC1CN(C(=O)c2cc(O)ccc2Cl)CC1C(=O)O. The fourth-order valence-corrected chi connectivity index (χ4v) is 2.50. The number of halogens is 1. The van der Waals surface area contributed by atoms with Crippen molar-refractivity contribution in [2.75, 3.05) is 13.1 Å². The van der Waals surface area contributed by atoms with Gasteiger partial charge in [0, 0.05) is 13.1 Å². The molecule has 1 aliphatic rings. The molecule has 2 rings (SSSR count). The molecular formula is C13H14ClNO4. The lowest BCUT2D eigenvalue weighted by Crippen LogP contribution is -2.30. The molecule has 0 radical (unpaired) electrons. The fraction of sp³-hybridized carbons (Fsp3) is 0.385. The van der Waals surface area contributed by atoms with Gasteiger partial charge in [-0.05, 0) is 24.1 Å². The van der Waals surface area contributed by atoms with Crippen molar-refractivity contribution in [2.24, 2.45) is 11.8 Å². The highest BCUT2D eigenvalue weighted by Gasteiger charge is 2.37. The minimum absolute atomic E-state index is 0.0465. The molecule has 6 heteroatoms. The number of nitrogens with zero attached hydrogens (tertiary/aromatic N) is 1. The lowest BCUT2D eigenvalue weighted by atomic mass is 9.99. The van der Waals surface area contributed by atoms with E-state index in [0.717, 1.165) is 0 Å². The number of phenols is 1. The average molecular weight is 284 g/mol. The molecule has 0 bridgehead atoms. The molecule has 0 aromatic heterocycles. The smallest absolute Gasteiger partial charge is 0.308 e. The first-order valence-electron chi connectivity index (χ1n) is 5.90. The first-order chi connectivity index (χ1) is 8.90. The number of carboxylic acids is 1. The average Bonchev–Trinajstić information content (AvgIpc) is 2.74. The monoisotopic (exact) mass is 283 g/mol. The molecule has 1 aromatic rings. The van der Waals surface area contributed by atoms with E-state index in [1.54, 1.807) is 6.92 Å². The Kier molecular flexibility index (Phi) is 3.66. The molecule has 0 saturated carbocycles. The van der Waals surface area contributed by atoms with Crippen LogP contribution in [0.2, 0.25) is 5.02 Å². The Morgan fingerprint density at radius 2 is 2.05 bits per heavy atom. The molecule has 1 amide bonds. The number of rotatable bonds is 2. The van der Waals surface area contributed by atoms with Crippen molar-refractivity contribution in [1.82, 2.24) is 4.90 Å². The third-order valence-corrected chi connectivity index (χ3v) is 3.73. The van der Waals surface area contributed by atoms with E-state index >= 15 is 0 Å². The summed E-state index contributed by atoms with van der Waals surface area (Å²) in [4.78, 5) is 24.8. The van der Waals surface area contributed by atoms with Crippen LogP contribution in [0.3, 0.4) is 0 Å². The summed E-state index contributed by atoms with van der Waals surface area (Å²) in [5.41, 5.74) is 0.194. The Morgan fingerprint density at radius 3 is 2.63 bits per heavy atom. The number of hydrogen-bond acceptors (Lipinski definition) is 3. The second-order valence-corrected chi connectivity index (χ2v) is 5.20. The second kappa shape index (κ2) is 5.09. The molecule has 1 heterocycles. The van der Waals surface area contributed by atoms with Gasteiger partial charge in [-0.15, -0.1) is 0 Å². The highest BCUT2D eigenvalue weighted by molar-refractivity contribution is 6.33. The van der Waals surface area contributed by atoms with E-state index in [-0.39, 0.29) is 34.7 Å². The van der Waals surface area contributed by atoms with Gasteiger partial charge in [0.15, 0.2) is 0 Å². The Labute approximate surface area is 115 Å². The summed E-state index contributed by atoms with van der Waals surface area (Å²) >= 11 is 5.93. The highest BCUT2D eigenvalue weighted by Crippen LogP contribution is 2.28. The van der Waals surface area contributed by atoms with E-state index in [4.69, 9.17) is 16.7 Å². The van der Waals surface area contributed by atoms with Gasteiger partial charge in [-0.3, -0.25) is 9.59 Å². The summed E-state index contributed by atoms with van der Waals surface area (Å²) in [5.74, 6) is -1.95. The number of carbonyl (C=O) groups excluding carboxylic acids is 1. The van der Waals surface area contributed by atoms with Crippen LogP contribution in [-0.4, -0.2) is 40.1 Å². The van der Waals surface area contributed by atoms with Gasteiger partial charge in [0.25, 0.3) is 5.91 Å². The Hall–Kier alpha value is -1.75. The summed E-state index contributed by atoms with van der Waals surface area (Å²) in [5, 5.41) is 18.7. The quantitative estimate of drug-likeness (QED) is 0.868. The zero-order valence-electron chi connectivity index (χ0n) is 10.3. The van der Waals surface area contributed by atoms with Gasteiger partial charge in [-0.25, -0.2) is 0 Å². The van der Waals surface area contributed by atoms with Gasteiger partial charge >= 0.3 is 5.97 Å². The highest BCUT2D eigenvalue weighted by atomic mass is 35.5. The zero-order valence-corrected chi connectivity index (χ0v) is 11.1. The van der Waals surface area contributed by atoms with Crippen molar-refractivity contribution in [3.05, 3.63) is 28.8 Å². The van der Waals surface area contributed by atoms with Crippen LogP contribution in [0.5, 0.6) is 5.75 Å². The van der Waals surface area contributed by atoms with Crippen molar-refractivity contribution < 1.29 is 19.8 Å². The van der Waals surface area contributed by atoms with Gasteiger partial charge in [0.2, 0.25) is 0 Å². The van der Waals surface area contributed by atoms with E-state index < -0.39 is 11.9 Å². The summed E-state index contributed by atoms with van der Waals surface area (Å²) in [6.45, 7) is 2.35. The molecular weight excluding hydrogens is 270 g/mol. The molecule has 1 aliphatic heterocycles. The maximum Gasteiger partial charge on any atom is 0.308 e. The van der Waals surface area contributed by atoms with Gasteiger partial charge in [-0.2, -0.15) is 0 Å². The van der Waals surface area contributed by atoms with E-state index in [9.17, 15) is 14.7 Å².